The van der Waals surface area contributed by atoms with Crippen molar-refractivity contribution >= 4 is 17.7 Å². The molecule has 0 unspecified atom stereocenters. The van der Waals surface area contributed by atoms with E-state index in [1.54, 1.807) is 11.9 Å². The maximum Gasteiger partial charge on any atom is 0.339 e. The Morgan fingerprint density at radius 3 is 2.63 bits per heavy atom. The molecule has 1 aromatic rings. The predicted molar refractivity (Wildman–Crippen MR) is 69.4 cm³/mol. The zero-order valence-electron chi connectivity index (χ0n) is 10.6. The molecule has 19 heavy (non-hydrogen) atoms. The number of benzene rings is 1. The van der Waals surface area contributed by atoms with Crippen LogP contribution in [0, 0.1) is 5.92 Å². The summed E-state index contributed by atoms with van der Waals surface area (Å²) in [6, 6.07) is 3.67. The maximum absolute atomic E-state index is 11.8. The molecular formula is C13H16N2O4. The van der Waals surface area contributed by atoms with Crippen molar-refractivity contribution in [2.45, 2.75) is 12.8 Å². The molecule has 0 saturated heterocycles. The largest absolute Gasteiger partial charge is 0.507 e. The van der Waals surface area contributed by atoms with Gasteiger partial charge in [-0.25, -0.2) is 9.59 Å². The first kappa shape index (κ1) is 13.2. The lowest BCUT2D eigenvalue weighted by atomic mass is 10.2. The summed E-state index contributed by atoms with van der Waals surface area (Å²) in [5, 5.41) is 20.9. The normalized spacial score (nSPS) is 13.9. The zero-order valence-corrected chi connectivity index (χ0v) is 10.6. The Morgan fingerprint density at radius 1 is 1.42 bits per heavy atom. The summed E-state index contributed by atoms with van der Waals surface area (Å²) in [4.78, 5) is 24.1. The molecule has 0 aliphatic heterocycles. The van der Waals surface area contributed by atoms with Gasteiger partial charge in [0.1, 0.15) is 11.3 Å². The van der Waals surface area contributed by atoms with E-state index in [1.165, 1.54) is 18.2 Å². The highest BCUT2D eigenvalue weighted by Crippen LogP contribution is 2.29. The van der Waals surface area contributed by atoms with Crippen molar-refractivity contribution in [1.29, 1.82) is 0 Å². The highest BCUT2D eigenvalue weighted by molar-refractivity contribution is 5.93. The number of amides is 2. The lowest BCUT2D eigenvalue weighted by Gasteiger charge is -2.17. The smallest absolute Gasteiger partial charge is 0.339 e. The summed E-state index contributed by atoms with van der Waals surface area (Å²) in [7, 11) is 1.71. The number of carboxylic acids is 1. The van der Waals surface area contributed by atoms with Crippen molar-refractivity contribution in [3.05, 3.63) is 23.8 Å². The minimum atomic E-state index is -1.21. The van der Waals surface area contributed by atoms with Gasteiger partial charge >= 0.3 is 12.0 Å². The number of aromatic hydroxyl groups is 1. The summed E-state index contributed by atoms with van der Waals surface area (Å²) in [6.07, 6.45) is 2.32. The van der Waals surface area contributed by atoms with Crippen LogP contribution in [0.15, 0.2) is 18.2 Å². The molecule has 102 valence electrons. The van der Waals surface area contributed by atoms with Crippen molar-refractivity contribution < 1.29 is 19.8 Å². The SMILES string of the molecule is CN(CC1CC1)C(=O)Nc1ccc(C(=O)O)c(O)c1. The third kappa shape index (κ3) is 3.37. The average Bonchev–Trinajstić information content (AvgIpc) is 3.12. The van der Waals surface area contributed by atoms with Gasteiger partial charge in [0.2, 0.25) is 0 Å². The van der Waals surface area contributed by atoms with Crippen molar-refractivity contribution in [3.8, 4) is 5.75 Å². The van der Waals surface area contributed by atoms with Crippen LogP contribution in [0.4, 0.5) is 10.5 Å². The number of nitrogens with zero attached hydrogens (tertiary/aromatic N) is 1. The topological polar surface area (TPSA) is 89.9 Å². The number of hydrogen-bond donors (Lipinski definition) is 3. The average molecular weight is 264 g/mol. The van der Waals surface area contributed by atoms with Crippen LogP contribution in [0.1, 0.15) is 23.2 Å². The molecule has 2 rings (SSSR count). The number of aromatic carboxylic acids is 1. The Bertz CT molecular complexity index is 511. The summed E-state index contributed by atoms with van der Waals surface area (Å²) in [5.74, 6) is -0.977. The van der Waals surface area contributed by atoms with Gasteiger partial charge < -0.3 is 20.4 Å². The lowest BCUT2D eigenvalue weighted by Crippen LogP contribution is -2.32. The van der Waals surface area contributed by atoms with Gasteiger partial charge in [0.05, 0.1) is 0 Å². The van der Waals surface area contributed by atoms with E-state index >= 15 is 0 Å². The van der Waals surface area contributed by atoms with Crippen LogP contribution in [0.25, 0.3) is 0 Å². The maximum atomic E-state index is 11.8. The van der Waals surface area contributed by atoms with Gasteiger partial charge in [0.15, 0.2) is 0 Å². The van der Waals surface area contributed by atoms with E-state index in [1.807, 2.05) is 0 Å². The van der Waals surface area contributed by atoms with Crippen molar-refractivity contribution in [1.82, 2.24) is 4.90 Å². The third-order valence-corrected chi connectivity index (χ3v) is 3.06. The van der Waals surface area contributed by atoms with Crippen LogP contribution in [0.5, 0.6) is 5.75 Å². The number of phenols is 1. The molecule has 1 aliphatic carbocycles. The van der Waals surface area contributed by atoms with E-state index in [4.69, 9.17) is 5.11 Å². The van der Waals surface area contributed by atoms with E-state index in [0.717, 1.165) is 12.8 Å². The van der Waals surface area contributed by atoms with Gasteiger partial charge in [-0.05, 0) is 30.9 Å². The van der Waals surface area contributed by atoms with Gasteiger partial charge in [0, 0.05) is 25.3 Å². The van der Waals surface area contributed by atoms with Crippen LogP contribution < -0.4 is 5.32 Å². The molecule has 1 aromatic carbocycles. The number of carboxylic acid groups (broad SMARTS) is 1. The molecule has 0 radical (unpaired) electrons. The molecule has 1 saturated carbocycles. The summed E-state index contributed by atoms with van der Waals surface area (Å²) in [6.45, 7) is 0.713. The van der Waals surface area contributed by atoms with Crippen LogP contribution in [-0.2, 0) is 0 Å². The Kier molecular flexibility index (Phi) is 3.59. The standard InChI is InChI=1S/C13H16N2O4/c1-15(7-8-2-3-8)13(19)14-9-4-5-10(12(17)18)11(16)6-9/h4-6,8,16H,2-3,7H2,1H3,(H,14,19)(H,17,18). The number of rotatable bonds is 4. The summed E-state index contributed by atoms with van der Waals surface area (Å²) >= 11 is 0. The quantitative estimate of drug-likeness (QED) is 0.775. The van der Waals surface area contributed by atoms with Gasteiger partial charge in [-0.3, -0.25) is 0 Å². The van der Waals surface area contributed by atoms with E-state index < -0.39 is 5.97 Å². The van der Waals surface area contributed by atoms with Crippen LogP contribution >= 0.6 is 0 Å². The number of hydrogen-bond acceptors (Lipinski definition) is 3. The molecule has 0 spiro atoms. The Hall–Kier alpha value is -2.24. The second kappa shape index (κ2) is 5.17. The second-order valence-corrected chi connectivity index (χ2v) is 4.79. The number of carbonyl (C=O) groups excluding carboxylic acids is 1. The van der Waals surface area contributed by atoms with E-state index in [9.17, 15) is 14.7 Å². The molecule has 0 aromatic heterocycles. The number of nitrogens with one attached hydrogen (secondary N) is 1. The molecule has 6 heteroatoms. The minimum absolute atomic E-state index is 0.190. The first-order chi connectivity index (χ1) is 8.97. The van der Waals surface area contributed by atoms with Gasteiger partial charge in [-0.15, -0.1) is 0 Å². The fraction of sp³-hybridized carbons (Fsp3) is 0.385. The second-order valence-electron chi connectivity index (χ2n) is 4.79. The predicted octanol–water partition coefficient (Wildman–Crippen LogP) is 1.96. The molecule has 6 nitrogen and oxygen atoms in total. The minimum Gasteiger partial charge on any atom is -0.507 e. The highest BCUT2D eigenvalue weighted by Gasteiger charge is 2.24. The van der Waals surface area contributed by atoms with Crippen LogP contribution in [0.2, 0.25) is 0 Å². The Balaban J connectivity index is 2.00. The van der Waals surface area contributed by atoms with Crippen molar-refractivity contribution in [3.63, 3.8) is 0 Å². The first-order valence-corrected chi connectivity index (χ1v) is 6.06. The zero-order chi connectivity index (χ0) is 14.0. The fourth-order valence-corrected chi connectivity index (χ4v) is 1.78. The molecule has 2 amide bonds. The number of anilines is 1. The van der Waals surface area contributed by atoms with Crippen LogP contribution in [0.3, 0.4) is 0 Å². The lowest BCUT2D eigenvalue weighted by molar-refractivity contribution is 0.0694. The Labute approximate surface area is 110 Å². The van der Waals surface area contributed by atoms with Gasteiger partial charge in [-0.2, -0.15) is 0 Å². The fourth-order valence-electron chi connectivity index (χ4n) is 1.78. The highest BCUT2D eigenvalue weighted by atomic mass is 16.4. The number of urea groups is 1. The monoisotopic (exact) mass is 264 g/mol. The molecule has 0 atom stereocenters. The first-order valence-electron chi connectivity index (χ1n) is 6.06. The summed E-state index contributed by atoms with van der Waals surface area (Å²) < 4.78 is 0. The molecule has 3 N–H and O–H groups in total. The van der Waals surface area contributed by atoms with Crippen LogP contribution in [-0.4, -0.2) is 40.7 Å². The van der Waals surface area contributed by atoms with Gasteiger partial charge in [-0.1, -0.05) is 0 Å². The summed E-state index contributed by atoms with van der Waals surface area (Å²) in [5.41, 5.74) is 0.180. The van der Waals surface area contributed by atoms with E-state index in [-0.39, 0.29) is 17.3 Å². The van der Waals surface area contributed by atoms with Crippen molar-refractivity contribution in [2.24, 2.45) is 5.92 Å². The van der Waals surface area contributed by atoms with Gasteiger partial charge in [0.25, 0.3) is 0 Å². The molecule has 0 heterocycles. The molecule has 0 bridgehead atoms. The molecular weight excluding hydrogens is 248 g/mol. The van der Waals surface area contributed by atoms with E-state index in [2.05, 4.69) is 5.32 Å². The Morgan fingerprint density at radius 2 is 2.11 bits per heavy atom. The third-order valence-electron chi connectivity index (χ3n) is 3.06. The molecule has 1 aliphatic rings. The number of carbonyl (C=O) groups is 2. The molecule has 1 fully saturated rings. The van der Waals surface area contributed by atoms with E-state index in [0.29, 0.717) is 18.2 Å². The van der Waals surface area contributed by atoms with Crippen molar-refractivity contribution in [2.75, 3.05) is 18.9 Å².